The molecular formula is C16H25ClIN3O2S. The van der Waals surface area contributed by atoms with Crippen LogP contribution in [-0.4, -0.2) is 43.8 Å². The largest absolute Gasteiger partial charge is 0.486 e. The Morgan fingerprint density at radius 2 is 2.00 bits per heavy atom. The third-order valence-corrected chi connectivity index (χ3v) is 5.10. The normalized spacial score (nSPS) is 14.0. The average Bonchev–Trinajstić information content (AvgIpc) is 2.55. The maximum absolute atomic E-state index is 6.25. The highest BCUT2D eigenvalue weighted by Crippen LogP contribution is 2.38. The lowest BCUT2D eigenvalue weighted by atomic mass is 10.2. The first-order chi connectivity index (χ1) is 10.9. The van der Waals surface area contributed by atoms with Gasteiger partial charge in [0.15, 0.2) is 17.5 Å². The van der Waals surface area contributed by atoms with Gasteiger partial charge in [-0.2, -0.15) is 11.8 Å². The van der Waals surface area contributed by atoms with Gasteiger partial charge in [-0.05, 0) is 37.8 Å². The second kappa shape index (κ2) is 9.82. The van der Waals surface area contributed by atoms with Crippen molar-refractivity contribution in [3.8, 4) is 11.5 Å². The van der Waals surface area contributed by atoms with Gasteiger partial charge in [-0.15, -0.1) is 24.0 Å². The van der Waals surface area contributed by atoms with Crippen LogP contribution >= 0.6 is 47.3 Å². The van der Waals surface area contributed by atoms with Crippen LogP contribution in [-0.2, 0) is 6.54 Å². The number of nitrogens with zero attached hydrogens (tertiary/aromatic N) is 1. The van der Waals surface area contributed by atoms with Crippen molar-refractivity contribution in [1.29, 1.82) is 0 Å². The van der Waals surface area contributed by atoms with E-state index < -0.39 is 0 Å². The number of guanidine groups is 1. The molecule has 8 heteroatoms. The Morgan fingerprint density at radius 1 is 1.29 bits per heavy atom. The van der Waals surface area contributed by atoms with Crippen molar-refractivity contribution in [3.63, 3.8) is 0 Å². The number of benzene rings is 1. The molecule has 0 unspecified atom stereocenters. The van der Waals surface area contributed by atoms with E-state index in [4.69, 9.17) is 21.1 Å². The number of rotatable bonds is 5. The monoisotopic (exact) mass is 485 g/mol. The molecule has 0 fully saturated rings. The second-order valence-corrected chi connectivity index (χ2v) is 7.77. The van der Waals surface area contributed by atoms with E-state index in [1.54, 1.807) is 7.05 Å². The summed E-state index contributed by atoms with van der Waals surface area (Å²) in [6.07, 6.45) is 2.11. The van der Waals surface area contributed by atoms with E-state index in [2.05, 4.69) is 35.7 Å². The lowest BCUT2D eigenvalue weighted by Crippen LogP contribution is -2.43. The number of fused-ring (bicyclic) bond motifs is 1. The summed E-state index contributed by atoms with van der Waals surface area (Å²) in [6.45, 7) is 6.90. The maximum atomic E-state index is 6.25. The zero-order chi connectivity index (χ0) is 16.9. The molecule has 1 heterocycles. The fourth-order valence-electron chi connectivity index (χ4n) is 2.04. The van der Waals surface area contributed by atoms with E-state index in [0.29, 0.717) is 36.3 Å². The number of aliphatic imine (C=N–C) groups is 1. The van der Waals surface area contributed by atoms with Gasteiger partial charge >= 0.3 is 0 Å². The number of halogens is 2. The van der Waals surface area contributed by atoms with Gasteiger partial charge in [0.2, 0.25) is 0 Å². The van der Waals surface area contributed by atoms with Crippen LogP contribution < -0.4 is 20.1 Å². The highest BCUT2D eigenvalue weighted by molar-refractivity contribution is 14.0. The molecule has 0 saturated heterocycles. The Bertz CT molecular complexity index is 585. The van der Waals surface area contributed by atoms with Gasteiger partial charge < -0.3 is 20.1 Å². The summed E-state index contributed by atoms with van der Waals surface area (Å²) in [6, 6.07) is 3.84. The summed E-state index contributed by atoms with van der Waals surface area (Å²) >= 11 is 8.07. The molecule has 24 heavy (non-hydrogen) atoms. The van der Waals surface area contributed by atoms with Crippen LogP contribution in [0.3, 0.4) is 0 Å². The van der Waals surface area contributed by atoms with Crippen molar-refractivity contribution in [3.05, 3.63) is 22.7 Å². The van der Waals surface area contributed by atoms with Crippen LogP contribution in [0.5, 0.6) is 11.5 Å². The SMILES string of the molecule is CN=C(NCc1cc(Cl)c2c(c1)OCCO2)NCC(C)(C)SC.I. The summed E-state index contributed by atoms with van der Waals surface area (Å²) in [5.74, 6) is 2.09. The molecule has 0 bridgehead atoms. The molecule has 0 aliphatic carbocycles. The summed E-state index contributed by atoms with van der Waals surface area (Å²) < 4.78 is 11.3. The quantitative estimate of drug-likeness (QED) is 0.380. The predicted octanol–water partition coefficient (Wildman–Crippen LogP) is 3.54. The number of thioether (sulfide) groups is 1. The highest BCUT2D eigenvalue weighted by Gasteiger charge is 2.18. The molecule has 0 amide bonds. The fourth-order valence-corrected chi connectivity index (χ4v) is 2.55. The Morgan fingerprint density at radius 3 is 2.67 bits per heavy atom. The lowest BCUT2D eigenvalue weighted by molar-refractivity contribution is 0.171. The van der Waals surface area contributed by atoms with Crippen LogP contribution in [0.2, 0.25) is 5.02 Å². The van der Waals surface area contributed by atoms with Gasteiger partial charge in [0.05, 0.1) is 5.02 Å². The van der Waals surface area contributed by atoms with Crippen molar-refractivity contribution in [2.75, 3.05) is 33.1 Å². The molecule has 2 N–H and O–H groups in total. The minimum atomic E-state index is 0. The summed E-state index contributed by atoms with van der Waals surface area (Å²) in [5, 5.41) is 7.20. The third-order valence-electron chi connectivity index (χ3n) is 3.57. The van der Waals surface area contributed by atoms with Crippen LogP contribution in [0.1, 0.15) is 19.4 Å². The first-order valence-corrected chi connectivity index (χ1v) is 9.13. The molecule has 0 radical (unpaired) electrons. The van der Waals surface area contributed by atoms with Crippen LogP contribution in [0, 0.1) is 0 Å². The van der Waals surface area contributed by atoms with E-state index in [9.17, 15) is 0 Å². The number of nitrogens with one attached hydrogen (secondary N) is 2. The lowest BCUT2D eigenvalue weighted by Gasteiger charge is -2.24. The molecule has 5 nitrogen and oxygen atoms in total. The molecule has 1 aromatic rings. The first-order valence-electron chi connectivity index (χ1n) is 7.53. The zero-order valence-corrected chi connectivity index (χ0v) is 18.3. The number of hydrogen-bond acceptors (Lipinski definition) is 4. The highest BCUT2D eigenvalue weighted by atomic mass is 127. The van der Waals surface area contributed by atoms with E-state index in [-0.39, 0.29) is 28.7 Å². The first kappa shape index (κ1) is 21.5. The smallest absolute Gasteiger partial charge is 0.191 e. The summed E-state index contributed by atoms with van der Waals surface area (Å²) in [4.78, 5) is 4.25. The summed E-state index contributed by atoms with van der Waals surface area (Å²) in [5.41, 5.74) is 1.02. The van der Waals surface area contributed by atoms with Crippen LogP contribution in [0.25, 0.3) is 0 Å². The number of ether oxygens (including phenoxy) is 2. The molecule has 0 atom stereocenters. The van der Waals surface area contributed by atoms with Crippen molar-refractivity contribution < 1.29 is 9.47 Å². The van der Waals surface area contributed by atoms with Gasteiger partial charge in [0.25, 0.3) is 0 Å². The molecule has 1 aromatic carbocycles. The Kier molecular flexibility index (Phi) is 8.80. The van der Waals surface area contributed by atoms with E-state index >= 15 is 0 Å². The Balaban J connectivity index is 0.00000288. The van der Waals surface area contributed by atoms with Crippen molar-refractivity contribution in [2.45, 2.75) is 25.1 Å². The van der Waals surface area contributed by atoms with Gasteiger partial charge in [-0.25, -0.2) is 0 Å². The van der Waals surface area contributed by atoms with Gasteiger partial charge in [-0.3, -0.25) is 4.99 Å². The standard InChI is InChI=1S/C16H24ClN3O2S.HI/c1-16(2,23-4)10-20-15(18-3)19-9-11-7-12(17)14-13(8-11)21-5-6-22-14;/h7-8H,5-6,9-10H2,1-4H3,(H2,18,19,20);1H. The topological polar surface area (TPSA) is 54.9 Å². The van der Waals surface area contributed by atoms with Crippen LogP contribution in [0.4, 0.5) is 0 Å². The minimum absolute atomic E-state index is 0. The fraction of sp³-hybridized carbons (Fsp3) is 0.562. The van der Waals surface area contributed by atoms with Crippen molar-refractivity contribution >= 4 is 53.3 Å². The molecule has 1 aliphatic rings. The van der Waals surface area contributed by atoms with E-state index in [1.165, 1.54) is 0 Å². The maximum Gasteiger partial charge on any atom is 0.191 e. The molecule has 0 saturated carbocycles. The molecular weight excluding hydrogens is 461 g/mol. The van der Waals surface area contributed by atoms with E-state index in [0.717, 1.165) is 18.1 Å². The van der Waals surface area contributed by atoms with Gasteiger partial charge in [0, 0.05) is 24.9 Å². The zero-order valence-electron chi connectivity index (χ0n) is 14.4. The van der Waals surface area contributed by atoms with Crippen molar-refractivity contribution in [2.24, 2.45) is 4.99 Å². The summed E-state index contributed by atoms with van der Waals surface area (Å²) in [7, 11) is 1.76. The molecule has 0 aromatic heterocycles. The molecule has 1 aliphatic heterocycles. The van der Waals surface area contributed by atoms with Gasteiger partial charge in [0.1, 0.15) is 13.2 Å². The molecule has 2 rings (SSSR count). The second-order valence-electron chi connectivity index (χ2n) is 5.84. The number of hydrogen-bond donors (Lipinski definition) is 2. The van der Waals surface area contributed by atoms with E-state index in [1.807, 2.05) is 23.9 Å². The van der Waals surface area contributed by atoms with Gasteiger partial charge in [-0.1, -0.05) is 11.6 Å². The van der Waals surface area contributed by atoms with Crippen LogP contribution in [0.15, 0.2) is 17.1 Å². The third kappa shape index (κ3) is 6.07. The van der Waals surface area contributed by atoms with Crippen molar-refractivity contribution in [1.82, 2.24) is 10.6 Å². The molecule has 136 valence electrons. The Labute approximate surface area is 170 Å². The average molecular weight is 486 g/mol. The Hall–Kier alpha value is -0.540. The predicted molar refractivity (Wildman–Crippen MR) is 114 cm³/mol. The minimum Gasteiger partial charge on any atom is -0.486 e. The molecule has 0 spiro atoms.